The molecule has 2 amide bonds. The highest BCUT2D eigenvalue weighted by atomic mass is 16.7. The fourth-order valence-corrected chi connectivity index (χ4v) is 4.24. The second kappa shape index (κ2) is 8.37. The lowest BCUT2D eigenvalue weighted by Gasteiger charge is -2.21. The van der Waals surface area contributed by atoms with Gasteiger partial charge in [-0.05, 0) is 12.1 Å². The number of imide groups is 1. The third-order valence-electron chi connectivity index (χ3n) is 5.96. The number of nitrogen functional groups attached to an aromatic ring is 1. The van der Waals surface area contributed by atoms with Crippen LogP contribution in [0.2, 0.25) is 0 Å². The number of rotatable bonds is 6. The molecule has 182 valence electrons. The topological polar surface area (TPSA) is 183 Å². The van der Waals surface area contributed by atoms with Gasteiger partial charge in [0.15, 0.2) is 17.0 Å². The number of H-pyrrole nitrogens is 1. The highest BCUT2D eigenvalue weighted by Crippen LogP contribution is 2.36. The van der Waals surface area contributed by atoms with E-state index < -0.39 is 48.3 Å². The maximum Gasteiger partial charge on any atom is 0.285 e. The Hall–Kier alpha value is -3.94. The van der Waals surface area contributed by atoms with Crippen LogP contribution in [0.25, 0.3) is 11.2 Å². The predicted octanol–water partition coefficient (Wildman–Crippen LogP) is 0.417. The molecule has 2 aliphatic heterocycles. The molecule has 13 heteroatoms. The van der Waals surface area contributed by atoms with Gasteiger partial charge in [-0.25, -0.2) is 4.98 Å². The van der Waals surface area contributed by atoms with Crippen molar-refractivity contribution in [3.8, 4) is 0 Å². The predicted molar refractivity (Wildman–Crippen MR) is 119 cm³/mol. The molecule has 0 unspecified atom stereocenters. The Morgan fingerprint density at radius 3 is 2.49 bits per heavy atom. The second-order valence-electron chi connectivity index (χ2n) is 8.59. The van der Waals surface area contributed by atoms with Gasteiger partial charge in [0.25, 0.3) is 17.4 Å². The van der Waals surface area contributed by atoms with Crippen molar-refractivity contribution in [2.24, 2.45) is 5.92 Å². The quantitative estimate of drug-likeness (QED) is 0.329. The van der Waals surface area contributed by atoms with Crippen molar-refractivity contribution in [3.05, 3.63) is 51.6 Å². The van der Waals surface area contributed by atoms with Gasteiger partial charge in [-0.1, -0.05) is 26.0 Å². The normalized spacial score (nSPS) is 21.9. The van der Waals surface area contributed by atoms with Gasteiger partial charge < -0.3 is 15.6 Å². The van der Waals surface area contributed by atoms with E-state index in [-0.39, 0.29) is 46.3 Å². The zero-order chi connectivity index (χ0) is 25.0. The number of aromatic nitrogens is 4. The number of aromatic amines is 1. The van der Waals surface area contributed by atoms with Crippen LogP contribution in [-0.2, 0) is 9.57 Å². The van der Waals surface area contributed by atoms with Crippen LogP contribution in [0.5, 0.6) is 0 Å². The maximum absolute atomic E-state index is 12.9. The molecule has 4 N–H and O–H groups in total. The van der Waals surface area contributed by atoms with Gasteiger partial charge in [0, 0.05) is 12.3 Å². The van der Waals surface area contributed by atoms with Crippen molar-refractivity contribution >= 4 is 34.7 Å². The smallest absolute Gasteiger partial charge is 0.285 e. The van der Waals surface area contributed by atoms with Crippen LogP contribution < -0.4 is 11.3 Å². The molecule has 0 radical (unpaired) electrons. The van der Waals surface area contributed by atoms with E-state index in [1.807, 2.05) is 0 Å². The maximum atomic E-state index is 12.9. The molecular formula is C22H22N6O7. The summed E-state index contributed by atoms with van der Waals surface area (Å²) in [5, 5.41) is 10.6. The number of anilines is 1. The van der Waals surface area contributed by atoms with Crippen LogP contribution >= 0.6 is 0 Å². The Labute approximate surface area is 197 Å². The number of benzene rings is 1. The molecule has 0 aliphatic carbocycles. The van der Waals surface area contributed by atoms with Crippen LogP contribution in [0.15, 0.2) is 29.1 Å². The van der Waals surface area contributed by atoms with E-state index in [1.165, 1.54) is 16.7 Å². The molecular weight excluding hydrogens is 460 g/mol. The number of carbonyl (C=O) groups excluding carboxylic acids is 3. The first kappa shape index (κ1) is 22.8. The van der Waals surface area contributed by atoms with Crippen LogP contribution in [0.3, 0.4) is 0 Å². The minimum absolute atomic E-state index is 0.0108. The number of nitrogens with two attached hydrogens (primary N) is 1. The van der Waals surface area contributed by atoms with Crippen molar-refractivity contribution in [2.45, 2.75) is 38.7 Å². The van der Waals surface area contributed by atoms with E-state index in [0.29, 0.717) is 5.06 Å². The third-order valence-corrected chi connectivity index (χ3v) is 5.96. The summed E-state index contributed by atoms with van der Waals surface area (Å²) >= 11 is 0. The van der Waals surface area contributed by atoms with Gasteiger partial charge in [-0.2, -0.15) is 4.98 Å². The summed E-state index contributed by atoms with van der Waals surface area (Å²) in [6.45, 7) is 2.86. The van der Waals surface area contributed by atoms with Gasteiger partial charge in [0.1, 0.15) is 18.4 Å². The first-order valence-corrected chi connectivity index (χ1v) is 10.9. The number of imidazole rings is 1. The molecule has 13 nitrogen and oxygen atoms in total. The Kier molecular flexibility index (Phi) is 5.46. The summed E-state index contributed by atoms with van der Waals surface area (Å²) in [5.74, 6) is -2.33. The van der Waals surface area contributed by atoms with E-state index in [0.717, 1.165) is 0 Å². The fourth-order valence-electron chi connectivity index (χ4n) is 4.24. The van der Waals surface area contributed by atoms with Gasteiger partial charge >= 0.3 is 0 Å². The van der Waals surface area contributed by atoms with Gasteiger partial charge in [-0.3, -0.25) is 33.6 Å². The van der Waals surface area contributed by atoms with Crippen molar-refractivity contribution in [1.82, 2.24) is 24.6 Å². The molecule has 3 atom stereocenters. The average molecular weight is 482 g/mol. The Balaban J connectivity index is 1.51. The Morgan fingerprint density at radius 2 is 1.89 bits per heavy atom. The molecule has 0 spiro atoms. The average Bonchev–Trinajstić information content (AvgIpc) is 3.48. The lowest BCUT2D eigenvalue weighted by atomic mass is 10.1. The van der Waals surface area contributed by atoms with E-state index in [9.17, 15) is 24.3 Å². The number of hydroxylamine groups is 2. The number of Topliss-reactive ketones (excluding diaryl/α,β-unsaturated/α-hetero) is 1. The minimum Gasteiger partial charge on any atom is -0.394 e. The molecule has 0 saturated carbocycles. The first-order valence-electron chi connectivity index (χ1n) is 10.9. The standard InChI is InChI=1S/C22H22N6O7/c1-9(2)16(30)18-24-15-17(25-22(23)26-19(15)31)27(18)14-7-12(13(8-29)34-14)35-28-20(32)10-5-3-4-6-11(10)21(28)33/h3-6,9,12-14,29H,7-8H2,1-2H3,(H3,23,25,26,31)/t12-,13+,14-/m0/s1. The number of nitrogens with zero attached hydrogens (tertiary/aromatic N) is 4. The van der Waals surface area contributed by atoms with E-state index in [4.69, 9.17) is 15.3 Å². The molecule has 3 aromatic rings. The van der Waals surface area contributed by atoms with Crippen molar-refractivity contribution in [1.29, 1.82) is 0 Å². The summed E-state index contributed by atoms with van der Waals surface area (Å²) in [5.41, 5.74) is 5.43. The fraction of sp³-hybridized carbons (Fsp3) is 0.364. The Bertz CT molecular complexity index is 1390. The number of aliphatic hydroxyl groups is 1. The summed E-state index contributed by atoms with van der Waals surface area (Å²) in [4.78, 5) is 67.2. The number of ketones is 1. The number of hydrogen-bond acceptors (Lipinski definition) is 10. The molecule has 1 aromatic carbocycles. The number of carbonyl (C=O) groups is 3. The molecule has 4 heterocycles. The Morgan fingerprint density at radius 1 is 1.23 bits per heavy atom. The first-order chi connectivity index (χ1) is 16.7. The molecule has 1 saturated heterocycles. The van der Waals surface area contributed by atoms with Crippen molar-refractivity contribution in [2.75, 3.05) is 12.3 Å². The molecule has 1 fully saturated rings. The van der Waals surface area contributed by atoms with Crippen molar-refractivity contribution in [3.63, 3.8) is 0 Å². The summed E-state index contributed by atoms with van der Waals surface area (Å²) in [6.07, 6.45) is -2.84. The molecule has 35 heavy (non-hydrogen) atoms. The zero-order valence-electron chi connectivity index (χ0n) is 18.8. The highest BCUT2D eigenvalue weighted by Gasteiger charge is 2.45. The number of aliphatic hydroxyl groups excluding tert-OH is 1. The lowest BCUT2D eigenvalue weighted by molar-refractivity contribution is -0.155. The van der Waals surface area contributed by atoms with Crippen LogP contribution in [0.1, 0.15) is 57.8 Å². The second-order valence-corrected chi connectivity index (χ2v) is 8.59. The summed E-state index contributed by atoms with van der Waals surface area (Å²) in [6, 6.07) is 6.31. The summed E-state index contributed by atoms with van der Waals surface area (Å²) in [7, 11) is 0. The molecule has 5 rings (SSSR count). The van der Waals surface area contributed by atoms with E-state index in [2.05, 4.69) is 15.0 Å². The SMILES string of the molecule is CC(C)C(=O)c1nc2c(=O)[nH]c(N)nc2n1[C@@H]1C[C@H](ON2C(=O)c3ccccc3C2=O)[C@@H](CO)O1. The van der Waals surface area contributed by atoms with Crippen LogP contribution in [-0.4, -0.2) is 66.1 Å². The molecule has 0 bridgehead atoms. The number of amides is 2. The monoisotopic (exact) mass is 482 g/mol. The van der Waals surface area contributed by atoms with Crippen molar-refractivity contribution < 1.29 is 29.1 Å². The van der Waals surface area contributed by atoms with E-state index >= 15 is 0 Å². The number of hydrogen-bond donors (Lipinski definition) is 3. The number of ether oxygens (including phenoxy) is 1. The van der Waals surface area contributed by atoms with Gasteiger partial charge in [0.2, 0.25) is 11.7 Å². The minimum atomic E-state index is -0.955. The van der Waals surface area contributed by atoms with Crippen LogP contribution in [0, 0.1) is 5.92 Å². The largest absolute Gasteiger partial charge is 0.394 e. The van der Waals surface area contributed by atoms with Gasteiger partial charge in [0.05, 0.1) is 17.7 Å². The third kappa shape index (κ3) is 3.60. The number of fused-ring (bicyclic) bond motifs is 2. The van der Waals surface area contributed by atoms with Gasteiger partial charge in [-0.15, -0.1) is 5.06 Å². The van der Waals surface area contributed by atoms with E-state index in [1.54, 1.807) is 26.0 Å². The highest BCUT2D eigenvalue weighted by molar-refractivity contribution is 6.20. The summed E-state index contributed by atoms with van der Waals surface area (Å²) < 4.78 is 7.28. The van der Waals surface area contributed by atoms with Crippen LogP contribution in [0.4, 0.5) is 5.95 Å². The molecule has 2 aromatic heterocycles. The lowest BCUT2D eigenvalue weighted by Crippen LogP contribution is -2.39. The molecule has 2 aliphatic rings. The zero-order valence-corrected chi connectivity index (χ0v) is 18.8. The number of nitrogens with one attached hydrogen (secondary N) is 1.